The van der Waals surface area contributed by atoms with Gasteiger partial charge in [-0.3, -0.25) is 4.68 Å². The van der Waals surface area contributed by atoms with Crippen LogP contribution in [-0.2, 0) is 23.6 Å². The summed E-state index contributed by atoms with van der Waals surface area (Å²) in [7, 11) is -2.28. The van der Waals surface area contributed by atoms with Gasteiger partial charge < -0.3 is 9.52 Å². The monoisotopic (exact) mass is 313 g/mol. The van der Waals surface area contributed by atoms with E-state index in [1.54, 1.807) is 17.9 Å². The standard InChI is InChI=1S/C12H15N3O5S/c1-7-10(12(16)17)11(8(2)20-7)21(18,19)14-5-9-4-13-15(3)6-9/h4,6,14H,5H2,1-3H3,(H,16,17). The number of aryl methyl sites for hydroxylation is 3. The van der Waals surface area contributed by atoms with Crippen LogP contribution in [0.3, 0.4) is 0 Å². The van der Waals surface area contributed by atoms with Crippen molar-refractivity contribution in [3.8, 4) is 0 Å². The lowest BCUT2D eigenvalue weighted by Gasteiger charge is -2.05. The van der Waals surface area contributed by atoms with Crippen molar-refractivity contribution in [2.45, 2.75) is 25.3 Å². The number of sulfonamides is 1. The van der Waals surface area contributed by atoms with Crippen LogP contribution in [-0.4, -0.2) is 29.3 Å². The van der Waals surface area contributed by atoms with Crippen LogP contribution in [0.5, 0.6) is 0 Å². The van der Waals surface area contributed by atoms with Gasteiger partial charge in [-0.15, -0.1) is 0 Å². The number of nitrogens with one attached hydrogen (secondary N) is 1. The van der Waals surface area contributed by atoms with E-state index in [0.717, 1.165) is 0 Å². The zero-order valence-corrected chi connectivity index (χ0v) is 12.6. The molecule has 2 N–H and O–H groups in total. The van der Waals surface area contributed by atoms with Gasteiger partial charge in [0.15, 0.2) is 0 Å². The quantitative estimate of drug-likeness (QED) is 0.844. The molecular formula is C12H15N3O5S. The zero-order chi connectivity index (χ0) is 15.8. The molecule has 8 nitrogen and oxygen atoms in total. The highest BCUT2D eigenvalue weighted by atomic mass is 32.2. The van der Waals surface area contributed by atoms with Crippen molar-refractivity contribution in [1.82, 2.24) is 14.5 Å². The largest absolute Gasteiger partial charge is 0.478 e. The van der Waals surface area contributed by atoms with E-state index >= 15 is 0 Å². The second-order valence-electron chi connectivity index (χ2n) is 4.57. The van der Waals surface area contributed by atoms with Crippen molar-refractivity contribution in [3.63, 3.8) is 0 Å². The summed E-state index contributed by atoms with van der Waals surface area (Å²) in [6.07, 6.45) is 3.18. The number of aromatic nitrogens is 2. The molecule has 0 bridgehead atoms. The number of aromatic carboxylic acids is 1. The molecule has 0 radical (unpaired) electrons. The molecule has 0 fully saturated rings. The maximum atomic E-state index is 12.3. The Morgan fingerprint density at radius 1 is 1.43 bits per heavy atom. The van der Waals surface area contributed by atoms with Gasteiger partial charge in [0.2, 0.25) is 10.0 Å². The molecule has 0 aliphatic heterocycles. The number of carboxylic acid groups (broad SMARTS) is 1. The summed E-state index contributed by atoms with van der Waals surface area (Å²) < 4.78 is 33.6. The van der Waals surface area contributed by atoms with E-state index in [9.17, 15) is 13.2 Å². The van der Waals surface area contributed by atoms with E-state index in [1.165, 1.54) is 20.0 Å². The average Bonchev–Trinajstić information content (AvgIpc) is 2.90. The van der Waals surface area contributed by atoms with Gasteiger partial charge in [0, 0.05) is 25.4 Å². The van der Waals surface area contributed by atoms with Crippen molar-refractivity contribution in [2.24, 2.45) is 7.05 Å². The lowest BCUT2D eigenvalue weighted by Crippen LogP contribution is -2.25. The Hall–Kier alpha value is -2.13. The molecule has 0 atom stereocenters. The van der Waals surface area contributed by atoms with E-state index in [-0.39, 0.29) is 28.5 Å². The molecule has 0 spiro atoms. The Morgan fingerprint density at radius 2 is 2.10 bits per heavy atom. The number of hydrogen-bond donors (Lipinski definition) is 2. The van der Waals surface area contributed by atoms with Crippen LogP contribution in [0, 0.1) is 13.8 Å². The number of carbonyl (C=O) groups is 1. The fraction of sp³-hybridized carbons (Fsp3) is 0.333. The topological polar surface area (TPSA) is 114 Å². The minimum atomic E-state index is -4.00. The van der Waals surface area contributed by atoms with Gasteiger partial charge in [-0.1, -0.05) is 0 Å². The van der Waals surface area contributed by atoms with Crippen LogP contribution >= 0.6 is 0 Å². The summed E-state index contributed by atoms with van der Waals surface area (Å²) in [6.45, 7) is 2.84. The Morgan fingerprint density at radius 3 is 2.62 bits per heavy atom. The van der Waals surface area contributed by atoms with Crippen LogP contribution in [0.25, 0.3) is 0 Å². The molecule has 0 aliphatic rings. The first-order valence-electron chi connectivity index (χ1n) is 6.03. The molecule has 0 saturated heterocycles. The summed E-state index contributed by atoms with van der Waals surface area (Å²) in [5.74, 6) is -1.24. The van der Waals surface area contributed by atoms with Crippen molar-refractivity contribution >= 4 is 16.0 Å². The lowest BCUT2D eigenvalue weighted by atomic mass is 10.2. The molecule has 0 unspecified atom stereocenters. The number of rotatable bonds is 5. The van der Waals surface area contributed by atoms with Gasteiger partial charge in [-0.2, -0.15) is 5.10 Å². The molecule has 2 heterocycles. The fourth-order valence-electron chi connectivity index (χ4n) is 2.05. The number of nitrogens with zero attached hydrogens (tertiary/aromatic N) is 2. The average molecular weight is 313 g/mol. The maximum absolute atomic E-state index is 12.3. The Bertz CT molecular complexity index is 788. The summed E-state index contributed by atoms with van der Waals surface area (Å²) in [5, 5.41) is 13.1. The third kappa shape index (κ3) is 2.98. The third-order valence-corrected chi connectivity index (χ3v) is 4.47. The highest BCUT2D eigenvalue weighted by Crippen LogP contribution is 2.26. The summed E-state index contributed by atoms with van der Waals surface area (Å²) >= 11 is 0. The first kappa shape index (κ1) is 15.3. The number of furan rings is 1. The van der Waals surface area contributed by atoms with Crippen LogP contribution < -0.4 is 4.72 Å². The van der Waals surface area contributed by atoms with Crippen LogP contribution in [0.1, 0.15) is 27.4 Å². The third-order valence-electron chi connectivity index (χ3n) is 2.91. The first-order valence-corrected chi connectivity index (χ1v) is 7.51. The van der Waals surface area contributed by atoms with E-state index in [0.29, 0.717) is 5.56 Å². The summed E-state index contributed by atoms with van der Waals surface area (Å²) in [5.41, 5.74) is 0.321. The van der Waals surface area contributed by atoms with Crippen LogP contribution in [0.15, 0.2) is 21.7 Å². The molecule has 0 aliphatic carbocycles. The van der Waals surface area contributed by atoms with Gasteiger partial charge in [0.05, 0.1) is 6.20 Å². The maximum Gasteiger partial charge on any atom is 0.340 e. The fourth-order valence-corrected chi connectivity index (χ4v) is 3.47. The molecule has 21 heavy (non-hydrogen) atoms. The van der Waals surface area contributed by atoms with Gasteiger partial charge in [0.25, 0.3) is 0 Å². The van der Waals surface area contributed by atoms with E-state index in [2.05, 4.69) is 9.82 Å². The normalized spacial score (nSPS) is 11.8. The minimum Gasteiger partial charge on any atom is -0.478 e. The zero-order valence-electron chi connectivity index (χ0n) is 11.7. The molecule has 114 valence electrons. The second kappa shape index (κ2) is 5.34. The number of carboxylic acids is 1. The highest BCUT2D eigenvalue weighted by molar-refractivity contribution is 7.89. The van der Waals surface area contributed by atoms with Crippen molar-refractivity contribution in [2.75, 3.05) is 0 Å². The molecule has 2 aromatic rings. The molecule has 0 aromatic carbocycles. The summed E-state index contributed by atoms with van der Waals surface area (Å²) in [6, 6.07) is 0. The van der Waals surface area contributed by atoms with Gasteiger partial charge >= 0.3 is 5.97 Å². The van der Waals surface area contributed by atoms with Crippen LogP contribution in [0.4, 0.5) is 0 Å². The first-order chi connectivity index (χ1) is 9.72. The summed E-state index contributed by atoms with van der Waals surface area (Å²) in [4.78, 5) is 10.9. The van der Waals surface area contributed by atoms with Gasteiger partial charge in [-0.05, 0) is 13.8 Å². The molecule has 0 saturated carbocycles. The van der Waals surface area contributed by atoms with E-state index in [4.69, 9.17) is 9.52 Å². The molecule has 2 rings (SSSR count). The molecule has 2 aromatic heterocycles. The smallest absolute Gasteiger partial charge is 0.340 e. The lowest BCUT2D eigenvalue weighted by molar-refractivity contribution is 0.0691. The predicted molar refractivity (Wildman–Crippen MR) is 72.4 cm³/mol. The minimum absolute atomic E-state index is 0.0128. The Balaban J connectivity index is 2.34. The van der Waals surface area contributed by atoms with E-state index < -0.39 is 16.0 Å². The number of hydrogen-bond acceptors (Lipinski definition) is 5. The van der Waals surface area contributed by atoms with Crippen LogP contribution in [0.2, 0.25) is 0 Å². The molecule has 9 heteroatoms. The Kier molecular flexibility index (Phi) is 3.88. The van der Waals surface area contributed by atoms with Gasteiger partial charge in [-0.25, -0.2) is 17.9 Å². The Labute approximate surface area is 121 Å². The van der Waals surface area contributed by atoms with Crippen molar-refractivity contribution in [3.05, 3.63) is 35.0 Å². The molecule has 0 amide bonds. The van der Waals surface area contributed by atoms with E-state index in [1.807, 2.05) is 0 Å². The highest BCUT2D eigenvalue weighted by Gasteiger charge is 2.30. The SMILES string of the molecule is Cc1oc(C)c(S(=O)(=O)NCc2cnn(C)c2)c1C(=O)O. The predicted octanol–water partition coefficient (Wildman–Crippen LogP) is 0.807. The van der Waals surface area contributed by atoms with Gasteiger partial charge in [0.1, 0.15) is 22.0 Å². The molecular weight excluding hydrogens is 298 g/mol. The van der Waals surface area contributed by atoms with Crippen molar-refractivity contribution < 1.29 is 22.7 Å². The second-order valence-corrected chi connectivity index (χ2v) is 6.27. The van der Waals surface area contributed by atoms with Crippen molar-refractivity contribution in [1.29, 1.82) is 0 Å².